The van der Waals surface area contributed by atoms with E-state index in [4.69, 9.17) is 27.9 Å². The molecule has 0 atom stereocenters. The van der Waals surface area contributed by atoms with Crippen LogP contribution in [0.25, 0.3) is 10.8 Å². The van der Waals surface area contributed by atoms with Crippen molar-refractivity contribution in [1.29, 1.82) is 0 Å². The fourth-order valence-electron chi connectivity index (χ4n) is 3.10. The highest BCUT2D eigenvalue weighted by Crippen LogP contribution is 2.22. The van der Waals surface area contributed by atoms with Gasteiger partial charge in [0.2, 0.25) is 0 Å². The lowest BCUT2D eigenvalue weighted by atomic mass is 10.1. The van der Waals surface area contributed by atoms with Gasteiger partial charge in [-0.1, -0.05) is 67.6 Å². The third kappa shape index (κ3) is 5.83. The molecule has 0 fully saturated rings. The van der Waals surface area contributed by atoms with Crippen LogP contribution in [-0.4, -0.2) is 33.2 Å². The van der Waals surface area contributed by atoms with E-state index in [1.807, 2.05) is 0 Å². The number of pyridine rings is 1. The van der Waals surface area contributed by atoms with E-state index >= 15 is 0 Å². The van der Waals surface area contributed by atoms with Crippen molar-refractivity contribution < 1.29 is 14.3 Å². The average molecular weight is 477 g/mol. The molecule has 10 heteroatoms. The van der Waals surface area contributed by atoms with Gasteiger partial charge in [-0.2, -0.15) is 5.10 Å². The highest BCUT2D eigenvalue weighted by atomic mass is 35.5. The number of carbonyl (C=O) groups is 2. The number of rotatable bonds is 9. The van der Waals surface area contributed by atoms with Crippen LogP contribution in [0.5, 0.6) is 0 Å². The molecule has 8 nitrogen and oxygen atoms in total. The number of amides is 1. The van der Waals surface area contributed by atoms with E-state index in [-0.39, 0.29) is 22.1 Å². The van der Waals surface area contributed by atoms with Crippen LogP contribution in [0.3, 0.4) is 0 Å². The van der Waals surface area contributed by atoms with Gasteiger partial charge in [-0.25, -0.2) is 14.5 Å². The van der Waals surface area contributed by atoms with Gasteiger partial charge in [-0.05, 0) is 18.6 Å². The number of ether oxygens (including phenoxy) is 1. The van der Waals surface area contributed by atoms with Gasteiger partial charge in [0, 0.05) is 18.1 Å². The zero-order chi connectivity index (χ0) is 23.1. The molecule has 3 rings (SSSR count). The quantitative estimate of drug-likeness (QED) is 0.360. The van der Waals surface area contributed by atoms with Crippen molar-refractivity contribution in [2.45, 2.75) is 39.2 Å². The van der Waals surface area contributed by atoms with Gasteiger partial charge < -0.3 is 10.1 Å². The maximum atomic E-state index is 12.7. The van der Waals surface area contributed by atoms with Gasteiger partial charge in [0.25, 0.3) is 11.5 Å². The van der Waals surface area contributed by atoms with Gasteiger partial charge in [0.15, 0.2) is 18.1 Å². The monoisotopic (exact) mass is 476 g/mol. The van der Waals surface area contributed by atoms with Gasteiger partial charge in [-0.3, -0.25) is 9.59 Å². The molecule has 0 unspecified atom stereocenters. The number of benzene rings is 1. The molecule has 2 heterocycles. The number of nitrogens with zero attached hydrogens (tertiary/aromatic N) is 3. The Bertz CT molecular complexity index is 1200. The Hall–Kier alpha value is -2.97. The van der Waals surface area contributed by atoms with E-state index in [0.717, 1.165) is 25.7 Å². The van der Waals surface area contributed by atoms with Gasteiger partial charge in [0.05, 0.1) is 15.4 Å². The van der Waals surface area contributed by atoms with Crippen LogP contribution >= 0.6 is 23.2 Å². The zero-order valence-corrected chi connectivity index (χ0v) is 18.9. The predicted octanol–water partition coefficient (Wildman–Crippen LogP) is 4.47. The number of carbonyl (C=O) groups excluding carboxylic acids is 2. The molecule has 0 aliphatic carbocycles. The second-order valence-electron chi connectivity index (χ2n) is 7.09. The van der Waals surface area contributed by atoms with Crippen LogP contribution in [0, 0.1) is 0 Å². The predicted molar refractivity (Wildman–Crippen MR) is 123 cm³/mol. The molecule has 1 aromatic carbocycles. The van der Waals surface area contributed by atoms with Crippen LogP contribution in [0.4, 0.5) is 5.82 Å². The van der Waals surface area contributed by atoms with Crippen molar-refractivity contribution in [3.05, 3.63) is 62.6 Å². The van der Waals surface area contributed by atoms with E-state index in [0.29, 0.717) is 22.3 Å². The Labute approximate surface area is 194 Å². The van der Waals surface area contributed by atoms with Crippen molar-refractivity contribution >= 4 is 51.7 Å². The first-order valence-electron chi connectivity index (χ1n) is 10.2. The van der Waals surface area contributed by atoms with Gasteiger partial charge in [-0.15, -0.1) is 0 Å². The SMILES string of the molecule is CCCCCCn1nc(C(=O)OCC(=O)Nc2ncc(Cl)cc2Cl)c2ccccc2c1=O. The summed E-state index contributed by atoms with van der Waals surface area (Å²) in [6.45, 7) is 1.91. The van der Waals surface area contributed by atoms with Crippen molar-refractivity contribution in [2.75, 3.05) is 11.9 Å². The molecule has 0 aliphatic rings. The standard InChI is InChI=1S/C22H22Cl2N4O4/c1-2-3-4-7-10-28-21(30)16-9-6-5-8-15(16)19(27-28)22(31)32-13-18(29)26-20-17(24)11-14(23)12-25-20/h5-6,8-9,11-12H,2-4,7,10,13H2,1H3,(H,25,26,29). The fourth-order valence-corrected chi connectivity index (χ4v) is 3.53. The molecule has 0 spiro atoms. The number of fused-ring (bicyclic) bond motifs is 1. The first kappa shape index (κ1) is 23.7. The van der Waals surface area contributed by atoms with Crippen molar-refractivity contribution in [3.8, 4) is 0 Å². The Balaban J connectivity index is 1.75. The van der Waals surface area contributed by atoms with Crippen LogP contribution in [0.2, 0.25) is 10.0 Å². The Morgan fingerprint density at radius 2 is 1.88 bits per heavy atom. The largest absolute Gasteiger partial charge is 0.451 e. The van der Waals surface area contributed by atoms with E-state index in [1.165, 1.54) is 16.9 Å². The molecule has 1 N–H and O–H groups in total. The summed E-state index contributed by atoms with van der Waals surface area (Å²) in [5.41, 5.74) is -0.291. The van der Waals surface area contributed by atoms with E-state index in [9.17, 15) is 14.4 Å². The zero-order valence-electron chi connectivity index (χ0n) is 17.4. The van der Waals surface area contributed by atoms with Crippen LogP contribution < -0.4 is 10.9 Å². The molecule has 168 valence electrons. The fraction of sp³-hybridized carbons (Fsp3) is 0.318. The number of nitrogens with one attached hydrogen (secondary N) is 1. The summed E-state index contributed by atoms with van der Waals surface area (Å²) in [4.78, 5) is 41.6. The van der Waals surface area contributed by atoms with E-state index in [2.05, 4.69) is 22.3 Å². The molecule has 0 bridgehead atoms. The molecule has 32 heavy (non-hydrogen) atoms. The molecule has 3 aromatic rings. The molecular weight excluding hydrogens is 455 g/mol. The Kier molecular flexibility index (Phi) is 8.19. The molecule has 0 saturated heterocycles. The van der Waals surface area contributed by atoms with Crippen molar-refractivity contribution in [2.24, 2.45) is 0 Å². The lowest BCUT2D eigenvalue weighted by molar-refractivity contribution is -0.119. The van der Waals surface area contributed by atoms with E-state index < -0.39 is 18.5 Å². The minimum absolute atomic E-state index is 0.0221. The lowest BCUT2D eigenvalue weighted by Crippen LogP contribution is -2.28. The number of hydrogen-bond acceptors (Lipinski definition) is 6. The van der Waals surface area contributed by atoms with Gasteiger partial charge in [0.1, 0.15) is 0 Å². The molecule has 0 aliphatic heterocycles. The maximum Gasteiger partial charge on any atom is 0.359 e. The maximum absolute atomic E-state index is 12.7. The summed E-state index contributed by atoms with van der Waals surface area (Å²) in [5.74, 6) is -1.34. The third-order valence-corrected chi connectivity index (χ3v) is 5.18. The number of halogens is 2. The summed E-state index contributed by atoms with van der Waals surface area (Å²) in [7, 11) is 0. The number of anilines is 1. The summed E-state index contributed by atoms with van der Waals surface area (Å²) in [6.07, 6.45) is 5.17. The lowest BCUT2D eigenvalue weighted by Gasteiger charge is -2.11. The topological polar surface area (TPSA) is 103 Å². The first-order chi connectivity index (χ1) is 15.4. The number of hydrogen-bond donors (Lipinski definition) is 1. The number of aromatic nitrogens is 3. The summed E-state index contributed by atoms with van der Waals surface area (Å²) in [5, 5.41) is 7.89. The number of unbranched alkanes of at least 4 members (excludes halogenated alkanes) is 3. The summed E-state index contributed by atoms with van der Waals surface area (Å²) >= 11 is 11.8. The Morgan fingerprint density at radius 1 is 1.12 bits per heavy atom. The second-order valence-corrected chi connectivity index (χ2v) is 7.94. The van der Waals surface area contributed by atoms with Crippen molar-refractivity contribution in [3.63, 3.8) is 0 Å². The molecule has 0 saturated carbocycles. The molecule has 1 amide bonds. The minimum atomic E-state index is -0.811. The Morgan fingerprint density at radius 3 is 2.59 bits per heavy atom. The minimum Gasteiger partial charge on any atom is -0.451 e. The highest BCUT2D eigenvalue weighted by Gasteiger charge is 2.19. The van der Waals surface area contributed by atoms with Crippen LogP contribution in [-0.2, 0) is 16.1 Å². The normalized spacial score (nSPS) is 10.8. The average Bonchev–Trinajstić information content (AvgIpc) is 2.78. The molecule has 2 aromatic heterocycles. The van der Waals surface area contributed by atoms with Gasteiger partial charge >= 0.3 is 5.97 Å². The first-order valence-corrected chi connectivity index (χ1v) is 10.9. The van der Waals surface area contributed by atoms with E-state index in [1.54, 1.807) is 24.3 Å². The van der Waals surface area contributed by atoms with Crippen molar-refractivity contribution in [1.82, 2.24) is 14.8 Å². The van der Waals surface area contributed by atoms with Crippen LogP contribution in [0.15, 0.2) is 41.3 Å². The summed E-state index contributed by atoms with van der Waals surface area (Å²) in [6, 6.07) is 8.11. The summed E-state index contributed by atoms with van der Waals surface area (Å²) < 4.78 is 6.43. The smallest absolute Gasteiger partial charge is 0.359 e. The number of esters is 1. The molecule has 0 radical (unpaired) electrons. The second kappa shape index (κ2) is 11.1. The molecular formula is C22H22Cl2N4O4. The highest BCUT2D eigenvalue weighted by molar-refractivity contribution is 6.36. The third-order valence-electron chi connectivity index (χ3n) is 4.68. The number of aryl methyl sites for hydroxylation is 1. The van der Waals surface area contributed by atoms with Crippen LogP contribution in [0.1, 0.15) is 43.1 Å².